The van der Waals surface area contributed by atoms with E-state index in [9.17, 15) is 41.8 Å². The summed E-state index contributed by atoms with van der Waals surface area (Å²) in [5, 5.41) is 68.0. The molecule has 14 nitrogen and oxygen atoms in total. The van der Waals surface area contributed by atoms with E-state index in [0.29, 0.717) is 11.4 Å². The van der Waals surface area contributed by atoms with Gasteiger partial charge in [-0.15, -0.1) is 0 Å². The van der Waals surface area contributed by atoms with Crippen molar-refractivity contribution in [3.05, 3.63) is 69.5 Å². The minimum Gasteiger partial charge on any atom is -0.507 e. The van der Waals surface area contributed by atoms with Gasteiger partial charge in [0.05, 0.1) is 23.0 Å². The van der Waals surface area contributed by atoms with Gasteiger partial charge in [-0.25, -0.2) is 22.0 Å². The van der Waals surface area contributed by atoms with E-state index in [1.165, 1.54) is 29.2 Å². The Morgan fingerprint density at radius 2 is 1.30 bits per heavy atom. The van der Waals surface area contributed by atoms with Crippen LogP contribution in [0, 0.1) is 29.1 Å². The SMILES string of the molecule is O=C(c1c(F)c(F)c(F)c(F)c1F)N1CCN(C(=O)c2c(O)ccc3c2Oc2cc(O)c(Cl)cc2N3)CC1.OC[C@H]1O[C@@H](O)[C@H](O)[C@@H](O)[C@H]1O. The maximum Gasteiger partial charge on any atom is 0.261 e. The molecule has 2 fully saturated rings. The number of hydrogen-bond donors (Lipinski definition) is 8. The highest BCUT2D eigenvalue weighted by atomic mass is 35.5. The van der Waals surface area contributed by atoms with Gasteiger partial charge in [0.1, 0.15) is 47.0 Å². The van der Waals surface area contributed by atoms with Gasteiger partial charge in [-0.2, -0.15) is 0 Å². The van der Waals surface area contributed by atoms with Gasteiger partial charge in [-0.05, 0) is 18.2 Å². The van der Waals surface area contributed by atoms with Gasteiger partial charge in [0.2, 0.25) is 5.82 Å². The van der Waals surface area contributed by atoms with Crippen molar-refractivity contribution < 1.29 is 76.8 Å². The second kappa shape index (κ2) is 14.4. The summed E-state index contributed by atoms with van der Waals surface area (Å²) in [7, 11) is 0. The number of nitrogens with zero attached hydrogens (tertiary/aromatic N) is 2. The lowest BCUT2D eigenvalue weighted by atomic mass is 10.00. The molecule has 20 heteroatoms. The summed E-state index contributed by atoms with van der Waals surface area (Å²) >= 11 is 5.92. The summed E-state index contributed by atoms with van der Waals surface area (Å²) in [5.41, 5.74) is -1.13. The van der Waals surface area contributed by atoms with Crippen molar-refractivity contribution in [1.29, 1.82) is 0 Å². The van der Waals surface area contributed by atoms with Gasteiger partial charge in [-0.1, -0.05) is 11.6 Å². The lowest BCUT2D eigenvalue weighted by Gasteiger charge is -2.37. The maximum atomic E-state index is 14.1. The molecule has 0 aliphatic carbocycles. The van der Waals surface area contributed by atoms with Crippen LogP contribution in [0.1, 0.15) is 20.7 Å². The van der Waals surface area contributed by atoms with Crippen LogP contribution in [0.4, 0.5) is 33.3 Å². The average molecular weight is 736 g/mol. The molecule has 0 bridgehead atoms. The van der Waals surface area contributed by atoms with Crippen LogP contribution in [0.2, 0.25) is 5.02 Å². The van der Waals surface area contributed by atoms with E-state index in [0.717, 1.165) is 4.90 Å². The van der Waals surface area contributed by atoms with Crippen LogP contribution < -0.4 is 10.1 Å². The third kappa shape index (κ3) is 6.67. The number of hydrogen-bond acceptors (Lipinski definition) is 12. The molecule has 3 aromatic rings. The summed E-state index contributed by atoms with van der Waals surface area (Å²) in [4.78, 5) is 28.0. The molecule has 0 spiro atoms. The fourth-order valence-corrected chi connectivity index (χ4v) is 5.43. The molecule has 50 heavy (non-hydrogen) atoms. The molecule has 3 aromatic carbocycles. The number of amides is 2. The molecule has 5 atom stereocenters. The number of nitrogens with one attached hydrogen (secondary N) is 1. The van der Waals surface area contributed by atoms with Crippen LogP contribution in [0.3, 0.4) is 0 Å². The monoisotopic (exact) mass is 735 g/mol. The standard InChI is InChI=1S/C24H15ClF5N3O5.C6H12O6/c25-9-7-11-14(8-13(9)35)38-22-10(31-11)1-2-12(34)15(22)23(36)32-3-5-33(6-4-32)24(37)16-17(26)19(28)21(30)20(29)18(16)27;7-1-2-3(8)4(9)5(10)6(11)12-2/h1-2,7-8,31,34-35H,3-6H2;2-11H,1H2/t;2-,3+,4+,5-,6-/m.1/s1. The summed E-state index contributed by atoms with van der Waals surface area (Å²) in [6.45, 7) is -1.50. The number of phenols is 2. The molecule has 0 radical (unpaired) electrons. The number of rotatable bonds is 3. The molecule has 6 rings (SSSR count). The van der Waals surface area contributed by atoms with E-state index in [1.807, 2.05) is 0 Å². The zero-order valence-electron chi connectivity index (χ0n) is 25.2. The minimum absolute atomic E-state index is 0.0517. The Balaban J connectivity index is 0.000000343. The highest BCUT2D eigenvalue weighted by Crippen LogP contribution is 2.49. The van der Waals surface area contributed by atoms with Crippen molar-refractivity contribution in [3.8, 4) is 23.0 Å². The Hall–Kier alpha value is -4.50. The predicted octanol–water partition coefficient (Wildman–Crippen LogP) is 1.67. The van der Waals surface area contributed by atoms with Crippen molar-refractivity contribution in [2.75, 3.05) is 38.1 Å². The van der Waals surface area contributed by atoms with Crippen LogP contribution in [0.25, 0.3) is 0 Å². The lowest BCUT2D eigenvalue weighted by Crippen LogP contribution is -2.58. The van der Waals surface area contributed by atoms with Crippen LogP contribution >= 0.6 is 11.6 Å². The average Bonchev–Trinajstić information content (AvgIpc) is 3.10. The molecule has 0 saturated carbocycles. The van der Waals surface area contributed by atoms with Gasteiger partial charge in [0, 0.05) is 32.2 Å². The fourth-order valence-electron chi connectivity index (χ4n) is 5.27. The molecule has 0 unspecified atom stereocenters. The second-order valence-electron chi connectivity index (χ2n) is 11.1. The first-order valence-electron chi connectivity index (χ1n) is 14.5. The summed E-state index contributed by atoms with van der Waals surface area (Å²) in [6.07, 6.45) is -7.04. The van der Waals surface area contributed by atoms with Crippen molar-refractivity contribution in [2.24, 2.45) is 0 Å². The predicted molar refractivity (Wildman–Crippen MR) is 159 cm³/mol. The minimum atomic E-state index is -2.38. The van der Waals surface area contributed by atoms with Crippen molar-refractivity contribution >= 4 is 34.8 Å². The van der Waals surface area contributed by atoms with Crippen molar-refractivity contribution in [2.45, 2.75) is 30.7 Å². The zero-order valence-corrected chi connectivity index (χ0v) is 25.9. The van der Waals surface area contributed by atoms with Gasteiger partial charge in [0.25, 0.3) is 11.8 Å². The number of benzene rings is 3. The molecule has 8 N–H and O–H groups in total. The first-order valence-corrected chi connectivity index (χ1v) is 14.9. The zero-order chi connectivity index (χ0) is 36.8. The molecule has 3 aliphatic heterocycles. The number of phenolic OH excluding ortho intramolecular Hbond substituents is 2. The van der Waals surface area contributed by atoms with E-state index in [2.05, 4.69) is 10.1 Å². The molecule has 270 valence electrons. The molecular formula is C30H27ClF5N3O11. The fraction of sp³-hybridized carbons (Fsp3) is 0.333. The number of aliphatic hydroxyl groups excluding tert-OH is 5. The van der Waals surface area contributed by atoms with E-state index in [4.69, 9.17) is 41.9 Å². The first-order chi connectivity index (χ1) is 23.6. The number of ether oxygens (including phenoxy) is 2. The van der Waals surface area contributed by atoms with Crippen LogP contribution in [-0.2, 0) is 4.74 Å². The molecule has 2 saturated heterocycles. The Kier molecular flexibility index (Phi) is 10.6. The van der Waals surface area contributed by atoms with Crippen molar-refractivity contribution in [1.82, 2.24) is 9.80 Å². The molecule has 2 amide bonds. The number of fused-ring (bicyclic) bond motifs is 2. The van der Waals surface area contributed by atoms with E-state index >= 15 is 0 Å². The molecular weight excluding hydrogens is 709 g/mol. The number of aromatic hydroxyl groups is 2. The number of carbonyl (C=O) groups excluding carboxylic acids is 2. The Labute approximate surface area is 282 Å². The lowest BCUT2D eigenvalue weighted by molar-refractivity contribution is -0.286. The van der Waals surface area contributed by atoms with Crippen molar-refractivity contribution in [3.63, 3.8) is 0 Å². The smallest absolute Gasteiger partial charge is 0.261 e. The second-order valence-corrected chi connectivity index (χ2v) is 11.5. The first kappa shape index (κ1) is 36.8. The largest absolute Gasteiger partial charge is 0.507 e. The summed E-state index contributed by atoms with van der Waals surface area (Å²) in [5.74, 6) is -14.1. The van der Waals surface area contributed by atoms with Gasteiger partial charge in [-0.3, -0.25) is 9.59 Å². The van der Waals surface area contributed by atoms with Crippen LogP contribution in [-0.4, -0.2) is 121 Å². The number of carbonyl (C=O) groups is 2. The molecule has 3 heterocycles. The highest BCUT2D eigenvalue weighted by Gasteiger charge is 2.42. The van der Waals surface area contributed by atoms with Gasteiger partial charge < -0.3 is 60.3 Å². The molecule has 0 aromatic heterocycles. The third-order valence-corrected chi connectivity index (χ3v) is 8.33. The Morgan fingerprint density at radius 3 is 1.86 bits per heavy atom. The van der Waals surface area contributed by atoms with E-state index in [-0.39, 0.29) is 54.0 Å². The van der Waals surface area contributed by atoms with Crippen LogP contribution in [0.15, 0.2) is 24.3 Å². The highest BCUT2D eigenvalue weighted by molar-refractivity contribution is 6.32. The van der Waals surface area contributed by atoms with Gasteiger partial charge in [0.15, 0.2) is 41.1 Å². The topological polar surface area (TPSA) is 213 Å². The maximum absolute atomic E-state index is 14.1. The van der Waals surface area contributed by atoms with E-state index < -0.39 is 89.5 Å². The Bertz CT molecular complexity index is 1800. The van der Waals surface area contributed by atoms with E-state index in [1.54, 1.807) is 0 Å². The number of aliphatic hydroxyl groups is 5. The molecule has 3 aliphatic rings. The van der Waals surface area contributed by atoms with Crippen LogP contribution in [0.5, 0.6) is 23.0 Å². The Morgan fingerprint density at radius 1 is 0.760 bits per heavy atom. The summed E-state index contributed by atoms with van der Waals surface area (Å²) in [6, 6.07) is 5.32. The number of anilines is 2. The normalized spacial score (nSPS) is 22.7. The number of halogens is 6. The third-order valence-electron chi connectivity index (χ3n) is 8.02. The van der Waals surface area contributed by atoms with Gasteiger partial charge >= 0.3 is 0 Å². The summed E-state index contributed by atoms with van der Waals surface area (Å²) < 4.78 is 79.0. The number of piperazine rings is 1. The quantitative estimate of drug-likeness (QED) is 0.0654.